The van der Waals surface area contributed by atoms with Gasteiger partial charge in [-0.2, -0.15) is 0 Å². The average Bonchev–Trinajstić information content (AvgIpc) is 2.37. The molecule has 4 nitrogen and oxygen atoms in total. The quantitative estimate of drug-likeness (QED) is 0.891. The lowest BCUT2D eigenvalue weighted by Crippen LogP contribution is -2.40. The molecule has 1 aliphatic rings. The van der Waals surface area contributed by atoms with Crippen molar-refractivity contribution < 1.29 is 9.84 Å². The molecule has 1 saturated heterocycles. The maximum Gasteiger partial charge on any atom is 0.0822 e. The Labute approximate surface area is 106 Å². The molecule has 94 valence electrons. The molecule has 1 N–H and O–H groups in total. The number of piperidine rings is 1. The summed E-state index contributed by atoms with van der Waals surface area (Å²) < 4.78 is 5.57. The number of halogens is 1. The average molecular weight is 257 g/mol. The summed E-state index contributed by atoms with van der Waals surface area (Å²) in [5, 5.41) is 9.43. The van der Waals surface area contributed by atoms with Crippen LogP contribution in [-0.4, -0.2) is 42.5 Å². The maximum absolute atomic E-state index is 8.76. The van der Waals surface area contributed by atoms with E-state index in [-0.39, 0.29) is 12.7 Å². The monoisotopic (exact) mass is 256 g/mol. The summed E-state index contributed by atoms with van der Waals surface area (Å²) in [7, 11) is 0. The summed E-state index contributed by atoms with van der Waals surface area (Å²) in [5.74, 6) is 0. The molecule has 0 saturated carbocycles. The highest BCUT2D eigenvalue weighted by Crippen LogP contribution is 2.27. The number of ether oxygens (including phenoxy) is 1. The highest BCUT2D eigenvalue weighted by Gasteiger charge is 2.21. The Kier molecular flexibility index (Phi) is 4.59. The topological polar surface area (TPSA) is 45.6 Å². The van der Waals surface area contributed by atoms with Gasteiger partial charge in [0, 0.05) is 25.5 Å². The first-order valence-corrected chi connectivity index (χ1v) is 6.26. The van der Waals surface area contributed by atoms with E-state index in [4.69, 9.17) is 21.4 Å². The Balaban J connectivity index is 1.99. The van der Waals surface area contributed by atoms with Crippen molar-refractivity contribution in [2.24, 2.45) is 0 Å². The second-order valence-corrected chi connectivity index (χ2v) is 4.54. The summed E-state index contributed by atoms with van der Waals surface area (Å²) in [6.07, 6.45) is 5.71. The van der Waals surface area contributed by atoms with Crippen molar-refractivity contribution in [3.05, 3.63) is 23.5 Å². The van der Waals surface area contributed by atoms with Crippen LogP contribution in [-0.2, 0) is 4.74 Å². The van der Waals surface area contributed by atoms with Crippen molar-refractivity contribution in [3.8, 4) is 0 Å². The number of rotatable bonds is 4. The van der Waals surface area contributed by atoms with Crippen LogP contribution in [0.5, 0.6) is 0 Å². The Bertz CT molecular complexity index is 362. The van der Waals surface area contributed by atoms with Crippen LogP contribution in [0.3, 0.4) is 0 Å². The zero-order valence-electron chi connectivity index (χ0n) is 9.68. The summed E-state index contributed by atoms with van der Waals surface area (Å²) >= 11 is 6.12. The highest BCUT2D eigenvalue weighted by molar-refractivity contribution is 6.33. The number of nitrogens with zero attached hydrogens (tertiary/aromatic N) is 2. The van der Waals surface area contributed by atoms with Crippen LogP contribution in [0, 0.1) is 0 Å². The summed E-state index contributed by atoms with van der Waals surface area (Å²) in [4.78, 5) is 6.20. The van der Waals surface area contributed by atoms with Crippen LogP contribution >= 0.6 is 11.6 Å². The lowest BCUT2D eigenvalue weighted by Gasteiger charge is -2.34. The lowest BCUT2D eigenvalue weighted by molar-refractivity contribution is 0.0214. The van der Waals surface area contributed by atoms with Gasteiger partial charge in [-0.15, -0.1) is 0 Å². The standard InChI is InChI=1S/C12H17ClN2O2/c13-11-8-14-4-3-12(11)15-5-1-2-10(9-15)17-7-6-16/h3-4,8,10,16H,1-2,5-7,9H2/t10-/m0/s1. The summed E-state index contributed by atoms with van der Waals surface area (Å²) in [6, 6.07) is 1.93. The molecule has 0 unspecified atom stereocenters. The number of aliphatic hydroxyl groups excluding tert-OH is 1. The third-order valence-corrected chi connectivity index (χ3v) is 3.21. The Morgan fingerprint density at radius 2 is 2.47 bits per heavy atom. The minimum Gasteiger partial charge on any atom is -0.394 e. The smallest absolute Gasteiger partial charge is 0.0822 e. The Morgan fingerprint density at radius 1 is 1.59 bits per heavy atom. The molecule has 1 aromatic rings. The minimum atomic E-state index is 0.0759. The molecular weight excluding hydrogens is 240 g/mol. The van der Waals surface area contributed by atoms with Crippen LogP contribution in [0.1, 0.15) is 12.8 Å². The van der Waals surface area contributed by atoms with Crippen molar-refractivity contribution in [2.75, 3.05) is 31.2 Å². The Hall–Kier alpha value is -0.840. The highest BCUT2D eigenvalue weighted by atomic mass is 35.5. The summed E-state index contributed by atoms with van der Waals surface area (Å²) in [5.41, 5.74) is 1.01. The van der Waals surface area contributed by atoms with Crippen molar-refractivity contribution in [1.82, 2.24) is 4.98 Å². The van der Waals surface area contributed by atoms with E-state index in [0.29, 0.717) is 11.6 Å². The molecule has 1 aliphatic heterocycles. The van der Waals surface area contributed by atoms with Gasteiger partial charge in [-0.1, -0.05) is 11.6 Å². The van der Waals surface area contributed by atoms with Crippen LogP contribution in [0.15, 0.2) is 18.5 Å². The Morgan fingerprint density at radius 3 is 3.24 bits per heavy atom. The van der Waals surface area contributed by atoms with Gasteiger partial charge >= 0.3 is 0 Å². The first kappa shape index (κ1) is 12.6. The van der Waals surface area contributed by atoms with Crippen molar-refractivity contribution >= 4 is 17.3 Å². The molecular formula is C12H17ClN2O2. The van der Waals surface area contributed by atoms with Gasteiger partial charge in [0.25, 0.3) is 0 Å². The molecule has 2 heterocycles. The van der Waals surface area contributed by atoms with E-state index in [1.165, 1.54) is 0 Å². The van der Waals surface area contributed by atoms with Crippen LogP contribution in [0.4, 0.5) is 5.69 Å². The van der Waals surface area contributed by atoms with Gasteiger partial charge in [0.15, 0.2) is 0 Å². The van der Waals surface area contributed by atoms with Gasteiger partial charge in [-0.3, -0.25) is 4.98 Å². The van der Waals surface area contributed by atoms with Crippen LogP contribution in [0.25, 0.3) is 0 Å². The molecule has 0 amide bonds. The molecule has 2 rings (SSSR count). The van der Waals surface area contributed by atoms with Gasteiger partial charge in [-0.05, 0) is 18.9 Å². The lowest BCUT2D eigenvalue weighted by atomic mass is 10.1. The number of anilines is 1. The van der Waals surface area contributed by atoms with Gasteiger partial charge in [0.1, 0.15) is 0 Å². The van der Waals surface area contributed by atoms with Gasteiger partial charge < -0.3 is 14.7 Å². The first-order chi connectivity index (χ1) is 8.31. The second-order valence-electron chi connectivity index (χ2n) is 4.13. The maximum atomic E-state index is 8.76. The third-order valence-electron chi connectivity index (χ3n) is 2.91. The summed E-state index contributed by atoms with van der Waals surface area (Å²) in [6.45, 7) is 2.29. The van der Waals surface area contributed by atoms with E-state index in [1.54, 1.807) is 12.4 Å². The number of aromatic nitrogens is 1. The zero-order chi connectivity index (χ0) is 12.1. The van der Waals surface area contributed by atoms with E-state index in [0.717, 1.165) is 31.6 Å². The normalized spacial score (nSPS) is 20.6. The molecule has 1 fully saturated rings. The van der Waals surface area contributed by atoms with E-state index in [2.05, 4.69) is 9.88 Å². The molecule has 1 aromatic heterocycles. The van der Waals surface area contributed by atoms with Crippen LogP contribution < -0.4 is 4.90 Å². The fourth-order valence-corrected chi connectivity index (χ4v) is 2.38. The molecule has 0 aliphatic carbocycles. The minimum absolute atomic E-state index is 0.0759. The number of aliphatic hydroxyl groups is 1. The van der Waals surface area contributed by atoms with E-state index in [9.17, 15) is 0 Å². The van der Waals surface area contributed by atoms with Crippen molar-refractivity contribution in [2.45, 2.75) is 18.9 Å². The SMILES string of the molecule is OCCO[C@H]1CCCN(c2ccncc2Cl)C1. The molecule has 0 radical (unpaired) electrons. The molecule has 1 atom stereocenters. The molecule has 17 heavy (non-hydrogen) atoms. The first-order valence-electron chi connectivity index (χ1n) is 5.88. The molecule has 5 heteroatoms. The van der Waals surface area contributed by atoms with E-state index in [1.807, 2.05) is 6.07 Å². The predicted molar refractivity (Wildman–Crippen MR) is 67.5 cm³/mol. The van der Waals surface area contributed by atoms with Gasteiger partial charge in [0.2, 0.25) is 0 Å². The second kappa shape index (κ2) is 6.19. The number of hydrogen-bond donors (Lipinski definition) is 1. The van der Waals surface area contributed by atoms with E-state index < -0.39 is 0 Å². The predicted octanol–water partition coefficient (Wildman–Crippen LogP) is 1.71. The van der Waals surface area contributed by atoms with Crippen molar-refractivity contribution in [3.63, 3.8) is 0 Å². The third kappa shape index (κ3) is 3.31. The van der Waals surface area contributed by atoms with Gasteiger partial charge in [-0.25, -0.2) is 0 Å². The zero-order valence-corrected chi connectivity index (χ0v) is 10.4. The van der Waals surface area contributed by atoms with Crippen LogP contribution in [0.2, 0.25) is 5.02 Å². The molecule has 0 spiro atoms. The van der Waals surface area contributed by atoms with E-state index >= 15 is 0 Å². The van der Waals surface area contributed by atoms with Crippen molar-refractivity contribution in [1.29, 1.82) is 0 Å². The molecule has 0 bridgehead atoms. The number of pyridine rings is 1. The van der Waals surface area contributed by atoms with Gasteiger partial charge in [0.05, 0.1) is 30.0 Å². The molecule has 0 aromatic carbocycles. The fraction of sp³-hybridized carbons (Fsp3) is 0.583. The number of hydrogen-bond acceptors (Lipinski definition) is 4. The fourth-order valence-electron chi connectivity index (χ4n) is 2.14. The largest absolute Gasteiger partial charge is 0.394 e.